The second-order valence-corrected chi connectivity index (χ2v) is 4.51. The Morgan fingerprint density at radius 3 is 2.71 bits per heavy atom. The van der Waals surface area contributed by atoms with Crippen LogP contribution >= 0.6 is 0 Å². The van der Waals surface area contributed by atoms with Crippen LogP contribution in [0.2, 0.25) is 0 Å². The van der Waals surface area contributed by atoms with Crippen LogP contribution in [0.15, 0.2) is 18.2 Å². The normalized spacial score (nSPS) is 14.1. The molecule has 1 aromatic carbocycles. The molecule has 92 valence electrons. The Morgan fingerprint density at radius 1 is 1.47 bits per heavy atom. The molecule has 17 heavy (non-hydrogen) atoms. The fourth-order valence-electron chi connectivity index (χ4n) is 1.49. The van der Waals surface area contributed by atoms with Gasteiger partial charge in [0.2, 0.25) is 0 Å². The first-order valence-corrected chi connectivity index (χ1v) is 5.52. The molecular weight excluding hydrogens is 216 g/mol. The lowest BCUT2D eigenvalue weighted by molar-refractivity contribution is 0.00253. The molecule has 0 aliphatic rings. The fourth-order valence-corrected chi connectivity index (χ4v) is 1.49. The van der Waals surface area contributed by atoms with E-state index in [1.54, 1.807) is 13.0 Å². The van der Waals surface area contributed by atoms with Crippen LogP contribution in [0.5, 0.6) is 0 Å². The van der Waals surface area contributed by atoms with Crippen molar-refractivity contribution in [2.75, 3.05) is 13.2 Å². The Hall–Kier alpha value is -1.41. The van der Waals surface area contributed by atoms with Gasteiger partial charge in [0.25, 0.3) is 0 Å². The van der Waals surface area contributed by atoms with Crippen LogP contribution in [0.4, 0.5) is 0 Å². The number of benzene rings is 1. The Balaban J connectivity index is 2.56. The number of aliphatic hydroxyl groups excluding tert-OH is 1. The second-order valence-electron chi connectivity index (χ2n) is 4.51. The minimum atomic E-state index is -1.10. The van der Waals surface area contributed by atoms with Gasteiger partial charge in [0.15, 0.2) is 0 Å². The van der Waals surface area contributed by atoms with Crippen LogP contribution in [0.3, 0.4) is 0 Å². The predicted octanol–water partition coefficient (Wildman–Crippen LogP) is 0.700. The first-order valence-electron chi connectivity index (χ1n) is 5.52. The van der Waals surface area contributed by atoms with Crippen LogP contribution < -0.4 is 5.32 Å². The summed E-state index contributed by atoms with van der Waals surface area (Å²) in [5.41, 5.74) is 1.67. The van der Waals surface area contributed by atoms with Crippen LogP contribution in [-0.4, -0.2) is 29.0 Å². The quantitative estimate of drug-likeness (QED) is 0.701. The topological polar surface area (TPSA) is 76.3 Å². The number of aliphatic hydroxyl groups is 2. The van der Waals surface area contributed by atoms with Crippen molar-refractivity contribution in [2.45, 2.75) is 26.0 Å². The predicted molar refractivity (Wildman–Crippen MR) is 65.3 cm³/mol. The molecule has 0 aliphatic carbocycles. The van der Waals surface area contributed by atoms with E-state index in [9.17, 15) is 5.11 Å². The van der Waals surface area contributed by atoms with Gasteiger partial charge in [0.05, 0.1) is 23.8 Å². The molecule has 0 fully saturated rings. The first kappa shape index (κ1) is 13.7. The number of hydrogen-bond donors (Lipinski definition) is 3. The van der Waals surface area contributed by atoms with E-state index in [-0.39, 0.29) is 6.61 Å². The molecule has 0 amide bonds. The highest BCUT2D eigenvalue weighted by molar-refractivity contribution is 5.37. The largest absolute Gasteiger partial charge is 0.393 e. The van der Waals surface area contributed by atoms with Crippen molar-refractivity contribution in [3.63, 3.8) is 0 Å². The van der Waals surface area contributed by atoms with Gasteiger partial charge in [-0.15, -0.1) is 0 Å². The smallest absolute Gasteiger partial charge is 0.0991 e. The van der Waals surface area contributed by atoms with Gasteiger partial charge in [0, 0.05) is 13.1 Å². The maximum Gasteiger partial charge on any atom is 0.0991 e. The van der Waals surface area contributed by atoms with Crippen molar-refractivity contribution >= 4 is 0 Å². The third-order valence-electron chi connectivity index (χ3n) is 2.63. The van der Waals surface area contributed by atoms with Crippen LogP contribution in [0.25, 0.3) is 0 Å². The van der Waals surface area contributed by atoms with Crippen LogP contribution in [-0.2, 0) is 6.54 Å². The molecule has 0 aliphatic heterocycles. The van der Waals surface area contributed by atoms with Gasteiger partial charge in [-0.3, -0.25) is 0 Å². The summed E-state index contributed by atoms with van der Waals surface area (Å²) < 4.78 is 0. The van der Waals surface area contributed by atoms with E-state index in [1.807, 2.05) is 19.1 Å². The lowest BCUT2D eigenvalue weighted by Crippen LogP contribution is -2.40. The third kappa shape index (κ3) is 4.16. The van der Waals surface area contributed by atoms with Crippen molar-refractivity contribution < 1.29 is 10.2 Å². The zero-order chi connectivity index (χ0) is 12.9. The van der Waals surface area contributed by atoms with Crippen molar-refractivity contribution in [1.82, 2.24) is 5.32 Å². The highest BCUT2D eigenvalue weighted by Gasteiger charge is 2.17. The minimum absolute atomic E-state index is 0.271. The highest BCUT2D eigenvalue weighted by atomic mass is 16.3. The first-order chi connectivity index (χ1) is 7.98. The van der Waals surface area contributed by atoms with E-state index in [1.165, 1.54) is 0 Å². The summed E-state index contributed by atoms with van der Waals surface area (Å²) in [7, 11) is 0. The Kier molecular flexibility index (Phi) is 4.64. The zero-order valence-electron chi connectivity index (χ0n) is 10.2. The molecule has 0 radical (unpaired) electrons. The van der Waals surface area contributed by atoms with Gasteiger partial charge in [-0.2, -0.15) is 5.26 Å². The van der Waals surface area contributed by atoms with Gasteiger partial charge in [0.1, 0.15) is 0 Å². The molecule has 4 heteroatoms. The van der Waals surface area contributed by atoms with Crippen molar-refractivity contribution in [3.8, 4) is 6.07 Å². The molecule has 1 aromatic rings. The molecule has 4 nitrogen and oxygen atoms in total. The van der Waals surface area contributed by atoms with Gasteiger partial charge in [-0.25, -0.2) is 0 Å². The molecule has 0 heterocycles. The summed E-state index contributed by atoms with van der Waals surface area (Å²) in [6.45, 7) is 4.18. The monoisotopic (exact) mass is 234 g/mol. The Labute approximate surface area is 102 Å². The molecule has 0 aromatic heterocycles. The summed E-state index contributed by atoms with van der Waals surface area (Å²) >= 11 is 0. The number of rotatable bonds is 5. The van der Waals surface area contributed by atoms with Crippen LogP contribution in [0, 0.1) is 18.3 Å². The summed E-state index contributed by atoms with van der Waals surface area (Å²) in [6, 6.07) is 7.59. The number of nitrogens with one attached hydrogen (secondary N) is 1. The second kappa shape index (κ2) is 5.78. The summed E-state index contributed by atoms with van der Waals surface area (Å²) in [4.78, 5) is 0. The van der Waals surface area contributed by atoms with E-state index >= 15 is 0 Å². The van der Waals surface area contributed by atoms with Crippen molar-refractivity contribution in [2.24, 2.45) is 0 Å². The lowest BCUT2D eigenvalue weighted by Gasteiger charge is -2.21. The SMILES string of the molecule is Cc1cc(C#N)ccc1CNCC(C)(O)CO. The average molecular weight is 234 g/mol. The van der Waals surface area contributed by atoms with E-state index in [2.05, 4.69) is 11.4 Å². The third-order valence-corrected chi connectivity index (χ3v) is 2.63. The molecule has 1 rings (SSSR count). The van der Waals surface area contributed by atoms with Crippen LogP contribution in [0.1, 0.15) is 23.6 Å². The van der Waals surface area contributed by atoms with Gasteiger partial charge < -0.3 is 15.5 Å². The fraction of sp³-hybridized carbons (Fsp3) is 0.462. The van der Waals surface area contributed by atoms with E-state index in [4.69, 9.17) is 10.4 Å². The lowest BCUT2D eigenvalue weighted by atomic mass is 10.0. The molecule has 0 bridgehead atoms. The zero-order valence-corrected chi connectivity index (χ0v) is 10.2. The summed E-state index contributed by atoms with van der Waals surface area (Å²) in [6.07, 6.45) is 0. The molecule has 3 N–H and O–H groups in total. The Morgan fingerprint density at radius 2 is 2.18 bits per heavy atom. The molecule has 0 saturated carbocycles. The molecule has 0 spiro atoms. The number of aryl methyl sites for hydroxylation is 1. The highest BCUT2D eigenvalue weighted by Crippen LogP contribution is 2.10. The molecule has 0 saturated heterocycles. The number of nitrogens with zero attached hydrogens (tertiary/aromatic N) is 1. The van der Waals surface area contributed by atoms with Gasteiger partial charge >= 0.3 is 0 Å². The number of hydrogen-bond acceptors (Lipinski definition) is 4. The van der Waals surface area contributed by atoms with Crippen molar-refractivity contribution in [1.29, 1.82) is 5.26 Å². The molecule has 1 unspecified atom stereocenters. The summed E-state index contributed by atoms with van der Waals surface area (Å²) in [5, 5.41) is 30.3. The standard InChI is InChI=1S/C13H18N2O2/c1-10-5-11(6-14)3-4-12(10)7-15-8-13(2,17)9-16/h3-5,15-17H,7-9H2,1-2H3. The maximum atomic E-state index is 9.60. The van der Waals surface area contributed by atoms with E-state index < -0.39 is 5.60 Å². The molecular formula is C13H18N2O2. The average Bonchev–Trinajstić information content (AvgIpc) is 2.31. The van der Waals surface area contributed by atoms with E-state index in [0.29, 0.717) is 18.7 Å². The maximum absolute atomic E-state index is 9.60. The summed E-state index contributed by atoms with van der Waals surface area (Å²) in [5.74, 6) is 0. The Bertz CT molecular complexity index is 422. The van der Waals surface area contributed by atoms with Gasteiger partial charge in [-0.1, -0.05) is 6.07 Å². The van der Waals surface area contributed by atoms with Gasteiger partial charge in [-0.05, 0) is 37.1 Å². The van der Waals surface area contributed by atoms with Crippen molar-refractivity contribution in [3.05, 3.63) is 34.9 Å². The minimum Gasteiger partial charge on any atom is -0.393 e. The molecule has 1 atom stereocenters. The number of nitriles is 1. The van der Waals surface area contributed by atoms with E-state index in [0.717, 1.165) is 11.1 Å².